The number of esters is 2. The van der Waals surface area contributed by atoms with Gasteiger partial charge >= 0.3 is 11.9 Å². The summed E-state index contributed by atoms with van der Waals surface area (Å²) in [6, 6.07) is 3.93. The Morgan fingerprint density at radius 1 is 1.19 bits per heavy atom. The molecule has 5 aliphatic rings. The lowest BCUT2D eigenvalue weighted by Crippen LogP contribution is -2.72. The summed E-state index contributed by atoms with van der Waals surface area (Å²) in [6.45, 7) is 3.92. The van der Waals surface area contributed by atoms with Gasteiger partial charge in [-0.25, -0.2) is 0 Å². The molecule has 3 aliphatic heterocycles. The number of benzene rings is 1. The number of nitrogens with zero attached hydrogens (tertiary/aromatic N) is 1. The number of ether oxygens (including phenoxy) is 3. The second kappa shape index (κ2) is 8.70. The van der Waals surface area contributed by atoms with Crippen molar-refractivity contribution in [1.82, 2.24) is 0 Å². The number of carbonyl (C=O) groups is 4. The van der Waals surface area contributed by atoms with Gasteiger partial charge in [0, 0.05) is 56.3 Å². The number of likely N-dealkylation sites (N-methyl/N-ethyl adjacent to an activating group) is 1. The second-order valence-corrected chi connectivity index (χ2v) is 12.5. The van der Waals surface area contributed by atoms with Gasteiger partial charge in [0.25, 0.3) is 0 Å². The first-order valence-electron chi connectivity index (χ1n) is 13.0. The molecule has 2 aliphatic carbocycles. The van der Waals surface area contributed by atoms with E-state index in [1.165, 1.54) is 25.6 Å². The second-order valence-electron chi connectivity index (χ2n) is 11.4. The molecule has 0 radical (unpaired) electrons. The highest BCUT2D eigenvalue weighted by Crippen LogP contribution is 2.63. The number of hydrogen-bond acceptors (Lipinski definition) is 8. The molecule has 0 aromatic heterocycles. The summed E-state index contributed by atoms with van der Waals surface area (Å²) < 4.78 is 18.4. The molecule has 2 fully saturated rings. The lowest BCUT2D eigenvalue weighted by Gasteiger charge is -2.59. The van der Waals surface area contributed by atoms with Crippen LogP contribution in [0.1, 0.15) is 44.2 Å². The van der Waals surface area contributed by atoms with E-state index < -0.39 is 23.6 Å². The zero-order valence-electron chi connectivity index (χ0n) is 21.4. The van der Waals surface area contributed by atoms with Crippen molar-refractivity contribution >= 4 is 34.6 Å². The number of carbonyl (C=O) groups excluding carboxylic acids is 4. The van der Waals surface area contributed by atoms with E-state index in [1.54, 1.807) is 6.07 Å². The van der Waals surface area contributed by atoms with Gasteiger partial charge in [-0.3, -0.25) is 19.2 Å². The van der Waals surface area contributed by atoms with Crippen molar-refractivity contribution in [1.29, 1.82) is 0 Å². The van der Waals surface area contributed by atoms with Crippen LogP contribution in [0.15, 0.2) is 24.3 Å². The molecule has 1 spiro atoms. The molecule has 2 saturated heterocycles. The van der Waals surface area contributed by atoms with Crippen LogP contribution in [0.4, 0.5) is 0 Å². The van der Waals surface area contributed by atoms with Crippen LogP contribution in [-0.2, 0) is 35.8 Å². The van der Waals surface area contributed by atoms with Gasteiger partial charge in [-0.2, -0.15) is 0 Å². The van der Waals surface area contributed by atoms with E-state index in [1.807, 2.05) is 12.1 Å². The van der Waals surface area contributed by atoms with Crippen molar-refractivity contribution in [3.63, 3.8) is 0 Å². The molecule has 6 rings (SSSR count). The molecule has 37 heavy (non-hydrogen) atoms. The van der Waals surface area contributed by atoms with Gasteiger partial charge in [0.1, 0.15) is 12.6 Å². The fourth-order valence-electron chi connectivity index (χ4n) is 7.66. The number of Topliss-reactive ketones (excluding diaryl/α,β-unsaturated/α-hetero) is 1. The Hall–Kier alpha value is -2.65. The van der Waals surface area contributed by atoms with Gasteiger partial charge in [0.15, 0.2) is 34.6 Å². The first-order valence-corrected chi connectivity index (χ1v) is 14.0. The van der Waals surface area contributed by atoms with Gasteiger partial charge in [-0.15, -0.1) is 0 Å². The standard InChI is InChI=1S/C28H32NO7S/c1-15(30)34-22-6-4-17-13-21-20-5-7-23(35-16(2)31)26-28(20,24(17)25(22)36-26)9-10-29(21,3)14-19(32)12-18-8-11-37-27(18)33/h4-7,18,20-21,23,26H,8-14H2,1-3H3/q+1/t18?,20?,21-,23+,26+,28+,29-/m1/s1. The fourth-order valence-corrected chi connectivity index (χ4v) is 8.70. The predicted molar refractivity (Wildman–Crippen MR) is 135 cm³/mol. The smallest absolute Gasteiger partial charge is 0.308 e. The molecule has 2 unspecified atom stereocenters. The average molecular weight is 527 g/mol. The molecule has 1 aromatic carbocycles. The Balaban J connectivity index is 1.39. The number of likely N-dealkylation sites (tertiary alicyclic amines) is 1. The molecule has 9 heteroatoms. The Bertz CT molecular complexity index is 1240. The maximum absolute atomic E-state index is 13.3. The van der Waals surface area contributed by atoms with Gasteiger partial charge < -0.3 is 18.7 Å². The lowest BCUT2D eigenvalue weighted by molar-refractivity contribution is -0.936. The third kappa shape index (κ3) is 3.76. The zero-order chi connectivity index (χ0) is 26.1. The van der Waals surface area contributed by atoms with E-state index in [2.05, 4.69) is 13.1 Å². The van der Waals surface area contributed by atoms with E-state index in [9.17, 15) is 19.2 Å². The Kier molecular flexibility index (Phi) is 5.80. The molecular formula is C28H32NO7S+. The summed E-state index contributed by atoms with van der Waals surface area (Å²) in [4.78, 5) is 49.2. The Labute approximate surface area is 220 Å². The highest BCUT2D eigenvalue weighted by Gasteiger charge is 2.68. The Morgan fingerprint density at radius 2 is 2.00 bits per heavy atom. The van der Waals surface area contributed by atoms with Crippen LogP contribution in [0, 0.1) is 11.8 Å². The highest BCUT2D eigenvalue weighted by atomic mass is 32.2. The summed E-state index contributed by atoms with van der Waals surface area (Å²) in [5.41, 5.74) is 1.76. The molecule has 0 amide bonds. The van der Waals surface area contributed by atoms with Crippen LogP contribution in [0.2, 0.25) is 0 Å². The van der Waals surface area contributed by atoms with Gasteiger partial charge in [0.05, 0.1) is 19.0 Å². The summed E-state index contributed by atoms with van der Waals surface area (Å²) in [5, 5.41) is 0.147. The van der Waals surface area contributed by atoms with Crippen LogP contribution >= 0.6 is 11.8 Å². The number of thioether (sulfide) groups is 1. The van der Waals surface area contributed by atoms with E-state index >= 15 is 0 Å². The molecule has 7 atom stereocenters. The van der Waals surface area contributed by atoms with Crippen LogP contribution in [0.5, 0.6) is 11.5 Å². The molecule has 196 valence electrons. The SMILES string of the molecule is CC(=O)Oc1ccc2c3c1O[C@H]1[C@@H](OC(C)=O)C=CC4[C@@H](C2)[N@@+](C)(CC(=O)CC2CCSC2=O)CC[C@@]341. The van der Waals surface area contributed by atoms with Gasteiger partial charge in [-0.05, 0) is 24.1 Å². The maximum Gasteiger partial charge on any atom is 0.308 e. The van der Waals surface area contributed by atoms with E-state index in [0.717, 1.165) is 42.7 Å². The predicted octanol–water partition coefficient (Wildman–Crippen LogP) is 2.74. The van der Waals surface area contributed by atoms with Gasteiger partial charge in [-0.1, -0.05) is 23.9 Å². The number of hydrogen-bond donors (Lipinski definition) is 0. The topological polar surface area (TPSA) is 96.0 Å². The third-order valence-electron chi connectivity index (χ3n) is 9.12. The van der Waals surface area contributed by atoms with E-state index in [4.69, 9.17) is 14.2 Å². The average Bonchev–Trinajstić information content (AvgIpc) is 3.39. The zero-order valence-corrected chi connectivity index (χ0v) is 22.2. The van der Waals surface area contributed by atoms with Crippen molar-refractivity contribution < 1.29 is 37.9 Å². The number of quaternary nitrogens is 1. The molecular weight excluding hydrogens is 494 g/mol. The van der Waals surface area contributed by atoms with Crippen molar-refractivity contribution in [3.8, 4) is 11.5 Å². The quantitative estimate of drug-likeness (QED) is 0.242. The first-order chi connectivity index (χ1) is 17.6. The molecule has 2 bridgehead atoms. The monoisotopic (exact) mass is 526 g/mol. The summed E-state index contributed by atoms with van der Waals surface area (Å²) in [5.74, 6) is 1.05. The van der Waals surface area contributed by atoms with E-state index in [-0.39, 0.29) is 34.7 Å². The largest absolute Gasteiger partial charge is 0.481 e. The number of rotatable bonds is 6. The van der Waals surface area contributed by atoms with Crippen molar-refractivity contribution in [3.05, 3.63) is 35.4 Å². The minimum absolute atomic E-state index is 0.0702. The van der Waals surface area contributed by atoms with Crippen LogP contribution in [0.3, 0.4) is 0 Å². The van der Waals surface area contributed by atoms with Crippen LogP contribution in [0.25, 0.3) is 0 Å². The van der Waals surface area contributed by atoms with Crippen LogP contribution < -0.4 is 9.47 Å². The molecule has 3 heterocycles. The third-order valence-corrected chi connectivity index (χ3v) is 10.2. The molecule has 0 N–H and O–H groups in total. The van der Waals surface area contributed by atoms with Crippen molar-refractivity contribution in [2.24, 2.45) is 11.8 Å². The number of piperidine rings is 1. The van der Waals surface area contributed by atoms with Gasteiger partial charge in [0.2, 0.25) is 0 Å². The summed E-state index contributed by atoms with van der Waals surface area (Å²) >= 11 is 1.34. The van der Waals surface area contributed by atoms with Crippen molar-refractivity contribution in [2.45, 2.75) is 63.2 Å². The lowest BCUT2D eigenvalue weighted by atomic mass is 9.52. The molecule has 1 aromatic rings. The summed E-state index contributed by atoms with van der Waals surface area (Å²) in [6.07, 6.45) is 5.71. The summed E-state index contributed by atoms with van der Waals surface area (Å²) in [7, 11) is 2.16. The van der Waals surface area contributed by atoms with Crippen molar-refractivity contribution in [2.75, 3.05) is 25.9 Å². The number of ketones is 1. The normalized spacial score (nSPS) is 36.5. The molecule has 8 nitrogen and oxygen atoms in total. The van der Waals surface area contributed by atoms with E-state index in [0.29, 0.717) is 28.9 Å². The molecule has 0 saturated carbocycles. The maximum atomic E-state index is 13.3. The fraction of sp³-hybridized carbons (Fsp3) is 0.571. The Morgan fingerprint density at radius 3 is 2.70 bits per heavy atom. The minimum atomic E-state index is -0.553. The minimum Gasteiger partial charge on any atom is -0.481 e. The highest BCUT2D eigenvalue weighted by molar-refractivity contribution is 8.14. The van der Waals surface area contributed by atoms with Crippen LogP contribution in [-0.4, -0.2) is 71.5 Å². The first kappa shape index (κ1) is 24.7.